The van der Waals surface area contributed by atoms with Gasteiger partial charge in [-0.3, -0.25) is 0 Å². The molecule has 0 bridgehead atoms. The Morgan fingerprint density at radius 3 is 2.12 bits per heavy atom. The average Bonchev–Trinajstić information content (AvgIpc) is 3.08. The van der Waals surface area contributed by atoms with Gasteiger partial charge in [0.15, 0.2) is 0 Å². The number of halogens is 3. The summed E-state index contributed by atoms with van der Waals surface area (Å²) in [5, 5.41) is 10.0. The van der Waals surface area contributed by atoms with Crippen LogP contribution in [0.3, 0.4) is 0 Å². The number of hydrogen-bond donors (Lipinski definition) is 2. The highest BCUT2D eigenvalue weighted by Gasteiger charge is 2.48. The molecule has 1 aromatic rings. The molecule has 2 nitrogen and oxygen atoms in total. The van der Waals surface area contributed by atoms with Crippen molar-refractivity contribution in [3.05, 3.63) is 35.4 Å². The predicted molar refractivity (Wildman–Crippen MR) is 57.1 cm³/mol. The molecule has 94 valence electrons. The van der Waals surface area contributed by atoms with Crippen LogP contribution >= 0.6 is 0 Å². The molecule has 0 aromatic heterocycles. The maximum Gasteiger partial charge on any atom is 0.416 e. The quantitative estimate of drug-likeness (QED) is 0.859. The normalized spacial score (nSPS) is 20.1. The average molecular weight is 245 g/mol. The molecule has 1 unspecified atom stereocenters. The highest BCUT2D eigenvalue weighted by atomic mass is 19.4. The molecule has 0 saturated heterocycles. The summed E-state index contributed by atoms with van der Waals surface area (Å²) in [5.74, 6) is 0. The summed E-state index contributed by atoms with van der Waals surface area (Å²) in [4.78, 5) is 0. The minimum atomic E-state index is -4.34. The fourth-order valence-electron chi connectivity index (χ4n) is 1.96. The largest absolute Gasteiger partial charge is 0.416 e. The van der Waals surface area contributed by atoms with Gasteiger partial charge in [-0.1, -0.05) is 12.1 Å². The van der Waals surface area contributed by atoms with Gasteiger partial charge in [0.25, 0.3) is 0 Å². The third kappa shape index (κ3) is 2.30. The first kappa shape index (κ1) is 12.4. The molecule has 1 fully saturated rings. The summed E-state index contributed by atoms with van der Waals surface area (Å²) in [7, 11) is 0. The third-order valence-electron chi connectivity index (χ3n) is 3.43. The molecule has 1 aliphatic carbocycles. The molecule has 1 aliphatic rings. The van der Waals surface area contributed by atoms with Gasteiger partial charge in [0.1, 0.15) is 0 Å². The van der Waals surface area contributed by atoms with E-state index >= 15 is 0 Å². The monoisotopic (exact) mass is 245 g/mol. The molecule has 3 N–H and O–H groups in total. The van der Waals surface area contributed by atoms with Crippen molar-refractivity contribution in [3.8, 4) is 0 Å². The van der Waals surface area contributed by atoms with Gasteiger partial charge in [-0.2, -0.15) is 13.2 Å². The molecule has 1 atom stereocenters. The summed E-state index contributed by atoms with van der Waals surface area (Å²) in [6.45, 7) is 0.356. The van der Waals surface area contributed by atoms with Gasteiger partial charge >= 0.3 is 6.18 Å². The lowest BCUT2D eigenvalue weighted by molar-refractivity contribution is -0.137. The zero-order valence-electron chi connectivity index (χ0n) is 9.17. The van der Waals surface area contributed by atoms with Gasteiger partial charge in [-0.15, -0.1) is 0 Å². The number of aliphatic hydroxyl groups is 1. The van der Waals surface area contributed by atoms with Crippen LogP contribution in [0.4, 0.5) is 13.2 Å². The Balaban J connectivity index is 2.19. The van der Waals surface area contributed by atoms with Crippen molar-refractivity contribution in [1.29, 1.82) is 0 Å². The van der Waals surface area contributed by atoms with E-state index in [4.69, 9.17) is 5.73 Å². The Labute approximate surface area is 97.2 Å². The molecule has 17 heavy (non-hydrogen) atoms. The molecular formula is C12H14F3NO. The topological polar surface area (TPSA) is 46.2 Å². The lowest BCUT2D eigenvalue weighted by atomic mass is 9.92. The van der Waals surface area contributed by atoms with Crippen LogP contribution in [0.15, 0.2) is 24.3 Å². The van der Waals surface area contributed by atoms with Crippen LogP contribution in [-0.2, 0) is 6.18 Å². The Hall–Kier alpha value is -1.07. The SMILES string of the molecule is NCC1(C(O)c2ccc(C(F)(F)F)cc2)CC1. The Morgan fingerprint density at radius 2 is 1.76 bits per heavy atom. The molecule has 0 spiro atoms. The van der Waals surface area contributed by atoms with Crippen LogP contribution in [-0.4, -0.2) is 11.7 Å². The van der Waals surface area contributed by atoms with E-state index in [0.717, 1.165) is 25.0 Å². The van der Waals surface area contributed by atoms with Crippen molar-refractivity contribution in [2.75, 3.05) is 6.54 Å². The molecule has 0 radical (unpaired) electrons. The third-order valence-corrected chi connectivity index (χ3v) is 3.43. The second-order valence-electron chi connectivity index (χ2n) is 4.59. The van der Waals surface area contributed by atoms with Crippen molar-refractivity contribution in [1.82, 2.24) is 0 Å². The van der Waals surface area contributed by atoms with Gasteiger partial charge < -0.3 is 10.8 Å². The Bertz CT molecular complexity index is 395. The number of hydrogen-bond acceptors (Lipinski definition) is 2. The molecular weight excluding hydrogens is 231 g/mol. The van der Waals surface area contributed by atoms with Crippen molar-refractivity contribution in [2.45, 2.75) is 25.1 Å². The van der Waals surface area contributed by atoms with Crippen LogP contribution in [0.25, 0.3) is 0 Å². The van der Waals surface area contributed by atoms with Crippen LogP contribution in [0, 0.1) is 5.41 Å². The van der Waals surface area contributed by atoms with Crippen molar-refractivity contribution in [3.63, 3.8) is 0 Å². The van der Waals surface area contributed by atoms with Crippen LogP contribution in [0.5, 0.6) is 0 Å². The number of aliphatic hydroxyl groups excluding tert-OH is 1. The lowest BCUT2D eigenvalue weighted by Crippen LogP contribution is -2.23. The molecule has 0 heterocycles. The smallest absolute Gasteiger partial charge is 0.388 e. The summed E-state index contributed by atoms with van der Waals surface area (Å²) in [6, 6.07) is 4.63. The van der Waals surface area contributed by atoms with Crippen molar-refractivity contribution < 1.29 is 18.3 Å². The minimum absolute atomic E-state index is 0.320. The molecule has 2 rings (SSSR count). The van der Waals surface area contributed by atoms with Gasteiger partial charge in [0, 0.05) is 12.0 Å². The number of benzene rings is 1. The predicted octanol–water partition coefficient (Wildman–Crippen LogP) is 2.48. The summed E-state index contributed by atoms with van der Waals surface area (Å²) >= 11 is 0. The summed E-state index contributed by atoms with van der Waals surface area (Å²) in [6.07, 6.45) is -3.46. The Morgan fingerprint density at radius 1 is 1.24 bits per heavy atom. The summed E-state index contributed by atoms with van der Waals surface area (Å²) < 4.78 is 37.1. The maximum absolute atomic E-state index is 12.4. The van der Waals surface area contributed by atoms with Gasteiger partial charge in [0.05, 0.1) is 11.7 Å². The van der Waals surface area contributed by atoms with Gasteiger partial charge in [0.2, 0.25) is 0 Å². The van der Waals surface area contributed by atoms with Gasteiger partial charge in [-0.05, 0) is 30.5 Å². The number of nitrogens with two attached hydrogens (primary N) is 1. The van der Waals surface area contributed by atoms with E-state index in [1.165, 1.54) is 12.1 Å². The molecule has 1 saturated carbocycles. The van der Waals surface area contributed by atoms with E-state index < -0.39 is 17.8 Å². The zero-order valence-corrected chi connectivity index (χ0v) is 9.17. The first-order valence-corrected chi connectivity index (χ1v) is 5.44. The van der Waals surface area contributed by atoms with E-state index in [9.17, 15) is 18.3 Å². The fraction of sp³-hybridized carbons (Fsp3) is 0.500. The zero-order chi connectivity index (χ0) is 12.7. The maximum atomic E-state index is 12.4. The number of alkyl halides is 3. The van der Waals surface area contributed by atoms with E-state index in [0.29, 0.717) is 12.1 Å². The van der Waals surface area contributed by atoms with Crippen LogP contribution < -0.4 is 5.73 Å². The van der Waals surface area contributed by atoms with Gasteiger partial charge in [-0.25, -0.2) is 0 Å². The van der Waals surface area contributed by atoms with E-state index in [2.05, 4.69) is 0 Å². The van der Waals surface area contributed by atoms with E-state index in [1.807, 2.05) is 0 Å². The molecule has 1 aromatic carbocycles. The second-order valence-corrected chi connectivity index (χ2v) is 4.59. The highest BCUT2D eigenvalue weighted by molar-refractivity contribution is 5.28. The fourth-order valence-corrected chi connectivity index (χ4v) is 1.96. The van der Waals surface area contributed by atoms with Crippen molar-refractivity contribution in [2.24, 2.45) is 11.1 Å². The van der Waals surface area contributed by atoms with Crippen LogP contribution in [0.2, 0.25) is 0 Å². The number of rotatable bonds is 3. The van der Waals surface area contributed by atoms with Crippen LogP contribution in [0.1, 0.15) is 30.1 Å². The first-order valence-electron chi connectivity index (χ1n) is 5.44. The Kier molecular flexibility index (Phi) is 2.91. The standard InChI is InChI=1S/C12H14F3NO/c13-12(14,15)9-3-1-8(2-4-9)10(17)11(7-16)5-6-11/h1-4,10,17H,5-7,16H2. The molecule has 0 aliphatic heterocycles. The highest BCUT2D eigenvalue weighted by Crippen LogP contribution is 2.54. The molecule has 0 amide bonds. The van der Waals surface area contributed by atoms with E-state index in [-0.39, 0.29) is 5.41 Å². The minimum Gasteiger partial charge on any atom is -0.388 e. The second kappa shape index (κ2) is 3.99. The lowest BCUT2D eigenvalue weighted by Gasteiger charge is -2.21. The molecule has 5 heteroatoms. The summed E-state index contributed by atoms with van der Waals surface area (Å²) in [5.41, 5.74) is 5.04. The first-order chi connectivity index (χ1) is 7.89. The van der Waals surface area contributed by atoms with E-state index in [1.54, 1.807) is 0 Å². The van der Waals surface area contributed by atoms with Crippen molar-refractivity contribution >= 4 is 0 Å².